The van der Waals surface area contributed by atoms with Gasteiger partial charge in [0.15, 0.2) is 5.11 Å². The number of rotatable bonds is 3. The Morgan fingerprint density at radius 3 is 2.50 bits per heavy atom. The Morgan fingerprint density at radius 1 is 1.43 bits per heavy atom. The Balaban J connectivity index is 2.25. The molecule has 0 atom stereocenters. The summed E-state index contributed by atoms with van der Waals surface area (Å²) in [5, 5.41) is 4.17. The van der Waals surface area contributed by atoms with Gasteiger partial charge in [-0.15, -0.1) is 0 Å². The first kappa shape index (κ1) is 11.8. The van der Waals surface area contributed by atoms with Crippen molar-refractivity contribution >= 4 is 17.3 Å². The Hall–Kier alpha value is -0.310. The van der Waals surface area contributed by atoms with E-state index in [1.54, 1.807) is 0 Å². The minimum Gasteiger partial charge on any atom is -0.360 e. The Morgan fingerprint density at radius 2 is 2.00 bits per heavy atom. The van der Waals surface area contributed by atoms with Gasteiger partial charge >= 0.3 is 0 Å². The molecule has 82 valence electrons. The van der Waals surface area contributed by atoms with Crippen LogP contribution in [-0.4, -0.2) is 29.6 Å². The lowest BCUT2D eigenvalue weighted by Gasteiger charge is -2.25. The lowest BCUT2D eigenvalue weighted by molar-refractivity contribution is 0.381. The summed E-state index contributed by atoms with van der Waals surface area (Å²) < 4.78 is 0. The van der Waals surface area contributed by atoms with Crippen LogP contribution in [0.5, 0.6) is 0 Å². The molecule has 0 amide bonds. The van der Waals surface area contributed by atoms with Gasteiger partial charge in [0.1, 0.15) is 0 Å². The third-order valence-corrected chi connectivity index (χ3v) is 3.20. The van der Waals surface area contributed by atoms with E-state index in [0.29, 0.717) is 6.04 Å². The van der Waals surface area contributed by atoms with Gasteiger partial charge in [-0.25, -0.2) is 0 Å². The van der Waals surface area contributed by atoms with Crippen LogP contribution in [0.4, 0.5) is 0 Å². The monoisotopic (exact) mass is 214 g/mol. The molecule has 1 fully saturated rings. The number of nitrogens with one attached hydrogen (secondary N) is 1. The average molecular weight is 214 g/mol. The second kappa shape index (κ2) is 5.54. The van der Waals surface area contributed by atoms with Crippen LogP contribution >= 0.6 is 12.2 Å². The van der Waals surface area contributed by atoms with Gasteiger partial charge in [-0.05, 0) is 44.8 Å². The molecule has 0 spiro atoms. The largest absolute Gasteiger partial charge is 0.360 e. The van der Waals surface area contributed by atoms with E-state index in [2.05, 4.69) is 31.1 Å². The second-order valence-electron chi connectivity index (χ2n) is 4.64. The summed E-state index contributed by atoms with van der Waals surface area (Å²) in [7, 11) is 2.09. The lowest BCUT2D eigenvalue weighted by Crippen LogP contribution is -2.42. The summed E-state index contributed by atoms with van der Waals surface area (Å²) in [4.78, 5) is 2.19. The van der Waals surface area contributed by atoms with E-state index in [-0.39, 0.29) is 0 Å². The summed E-state index contributed by atoms with van der Waals surface area (Å²) in [5.74, 6) is 0.868. The predicted octanol–water partition coefficient (Wildman–Crippen LogP) is 2.39. The van der Waals surface area contributed by atoms with E-state index in [1.807, 2.05) is 0 Å². The summed E-state index contributed by atoms with van der Waals surface area (Å²) in [5.41, 5.74) is 0. The minimum absolute atomic E-state index is 0.438. The molecule has 0 saturated heterocycles. The Bertz CT molecular complexity index is 186. The molecule has 2 nitrogen and oxygen atoms in total. The third kappa shape index (κ3) is 3.82. The molecule has 1 N–H and O–H groups in total. The van der Waals surface area contributed by atoms with Crippen molar-refractivity contribution in [1.82, 2.24) is 10.2 Å². The van der Waals surface area contributed by atoms with Crippen LogP contribution in [0.2, 0.25) is 0 Å². The zero-order valence-corrected chi connectivity index (χ0v) is 10.4. The quantitative estimate of drug-likeness (QED) is 0.726. The fourth-order valence-electron chi connectivity index (χ4n) is 2.02. The number of nitrogens with zero attached hydrogens (tertiary/aromatic N) is 1. The zero-order chi connectivity index (χ0) is 10.6. The van der Waals surface area contributed by atoms with Crippen LogP contribution in [0.25, 0.3) is 0 Å². The maximum atomic E-state index is 5.30. The number of thiocarbonyl (C=S) groups is 1. The fourth-order valence-corrected chi connectivity index (χ4v) is 2.33. The van der Waals surface area contributed by atoms with Gasteiger partial charge in [0, 0.05) is 19.6 Å². The highest BCUT2D eigenvalue weighted by atomic mass is 32.1. The van der Waals surface area contributed by atoms with E-state index in [1.165, 1.54) is 25.7 Å². The molecular formula is C11H22N2S. The molecule has 0 aromatic heterocycles. The normalized spacial score (nSPS) is 17.4. The van der Waals surface area contributed by atoms with Crippen LogP contribution in [0.1, 0.15) is 39.5 Å². The summed E-state index contributed by atoms with van der Waals surface area (Å²) >= 11 is 5.30. The van der Waals surface area contributed by atoms with Gasteiger partial charge in [0.25, 0.3) is 0 Å². The summed E-state index contributed by atoms with van der Waals surface area (Å²) in [6.45, 7) is 5.37. The molecule has 14 heavy (non-hydrogen) atoms. The van der Waals surface area contributed by atoms with E-state index < -0.39 is 0 Å². The van der Waals surface area contributed by atoms with Crippen molar-refractivity contribution in [3.05, 3.63) is 0 Å². The van der Waals surface area contributed by atoms with Gasteiger partial charge in [-0.1, -0.05) is 12.8 Å². The summed E-state index contributed by atoms with van der Waals surface area (Å²) in [6, 6.07) is 0.438. The SMILES string of the molecule is CC(C)NC(=S)N(C)CC1CCCC1. The molecular weight excluding hydrogens is 192 g/mol. The van der Waals surface area contributed by atoms with Crippen LogP contribution in [0.3, 0.4) is 0 Å². The van der Waals surface area contributed by atoms with Gasteiger partial charge in [-0.3, -0.25) is 0 Å². The van der Waals surface area contributed by atoms with E-state index in [9.17, 15) is 0 Å². The Kier molecular flexibility index (Phi) is 4.66. The summed E-state index contributed by atoms with van der Waals surface area (Å²) in [6.07, 6.45) is 5.58. The number of hydrogen-bond acceptors (Lipinski definition) is 1. The third-order valence-electron chi connectivity index (χ3n) is 2.77. The second-order valence-corrected chi connectivity index (χ2v) is 5.02. The smallest absolute Gasteiger partial charge is 0.168 e. The van der Waals surface area contributed by atoms with Gasteiger partial charge in [0.2, 0.25) is 0 Å². The molecule has 0 aromatic rings. The molecule has 1 aliphatic carbocycles. The molecule has 0 bridgehead atoms. The first-order valence-electron chi connectivity index (χ1n) is 5.61. The standard InChI is InChI=1S/C11H22N2S/c1-9(2)12-11(14)13(3)8-10-6-4-5-7-10/h9-10H,4-8H2,1-3H3,(H,12,14). The maximum absolute atomic E-state index is 5.30. The predicted molar refractivity (Wildman–Crippen MR) is 65.5 cm³/mol. The Labute approximate surface area is 93.1 Å². The molecule has 1 saturated carbocycles. The molecule has 0 aromatic carbocycles. The van der Waals surface area contributed by atoms with Crippen LogP contribution in [-0.2, 0) is 0 Å². The van der Waals surface area contributed by atoms with Gasteiger partial charge in [0.05, 0.1) is 0 Å². The van der Waals surface area contributed by atoms with Crippen molar-refractivity contribution in [2.45, 2.75) is 45.6 Å². The molecule has 1 aliphatic rings. The van der Waals surface area contributed by atoms with Gasteiger partial charge in [-0.2, -0.15) is 0 Å². The zero-order valence-electron chi connectivity index (χ0n) is 9.55. The number of hydrogen-bond donors (Lipinski definition) is 1. The average Bonchev–Trinajstić information content (AvgIpc) is 2.55. The molecule has 3 heteroatoms. The fraction of sp³-hybridized carbons (Fsp3) is 0.909. The van der Waals surface area contributed by atoms with E-state index >= 15 is 0 Å². The van der Waals surface area contributed by atoms with Crippen molar-refractivity contribution in [3.63, 3.8) is 0 Å². The first-order valence-corrected chi connectivity index (χ1v) is 6.02. The molecule has 0 heterocycles. The van der Waals surface area contributed by atoms with Crippen molar-refractivity contribution in [1.29, 1.82) is 0 Å². The van der Waals surface area contributed by atoms with Crippen molar-refractivity contribution in [2.75, 3.05) is 13.6 Å². The van der Waals surface area contributed by atoms with Crippen molar-refractivity contribution in [2.24, 2.45) is 5.92 Å². The van der Waals surface area contributed by atoms with Crippen LogP contribution in [0, 0.1) is 5.92 Å². The van der Waals surface area contributed by atoms with E-state index in [4.69, 9.17) is 12.2 Å². The van der Waals surface area contributed by atoms with Crippen LogP contribution in [0.15, 0.2) is 0 Å². The molecule has 0 aliphatic heterocycles. The van der Waals surface area contributed by atoms with Crippen molar-refractivity contribution < 1.29 is 0 Å². The lowest BCUT2D eigenvalue weighted by atomic mass is 10.1. The maximum Gasteiger partial charge on any atom is 0.168 e. The highest BCUT2D eigenvalue weighted by Crippen LogP contribution is 2.25. The first-order chi connectivity index (χ1) is 6.59. The molecule has 0 unspecified atom stereocenters. The molecule has 1 rings (SSSR count). The topological polar surface area (TPSA) is 15.3 Å². The van der Waals surface area contributed by atoms with Crippen molar-refractivity contribution in [3.8, 4) is 0 Å². The van der Waals surface area contributed by atoms with Crippen LogP contribution < -0.4 is 5.32 Å². The van der Waals surface area contributed by atoms with E-state index in [0.717, 1.165) is 17.6 Å². The molecule has 0 radical (unpaired) electrons. The van der Waals surface area contributed by atoms with Gasteiger partial charge < -0.3 is 10.2 Å². The minimum atomic E-state index is 0.438. The highest BCUT2D eigenvalue weighted by Gasteiger charge is 2.17. The highest BCUT2D eigenvalue weighted by molar-refractivity contribution is 7.80.